The highest BCUT2D eigenvalue weighted by molar-refractivity contribution is 6.12. The molecule has 1 fully saturated rings. The molecule has 0 saturated heterocycles. The van der Waals surface area contributed by atoms with Crippen molar-refractivity contribution in [2.75, 3.05) is 0 Å². The molecule has 0 amide bonds. The van der Waals surface area contributed by atoms with E-state index in [1.54, 1.807) is 6.20 Å². The Labute approximate surface area is 264 Å². The Hall–Kier alpha value is -4.66. The Morgan fingerprint density at radius 1 is 0.911 bits per heavy atom. The van der Waals surface area contributed by atoms with Gasteiger partial charge in [0.15, 0.2) is 0 Å². The summed E-state index contributed by atoms with van der Waals surface area (Å²) in [5.41, 5.74) is 5.58. The maximum atomic E-state index is 11.7. The van der Waals surface area contributed by atoms with E-state index in [-0.39, 0.29) is 6.10 Å². The number of fused-ring (bicyclic) bond motifs is 1. The van der Waals surface area contributed by atoms with Crippen molar-refractivity contribution in [1.82, 2.24) is 9.55 Å². The van der Waals surface area contributed by atoms with Gasteiger partial charge in [-0.3, -0.25) is 0 Å². The van der Waals surface area contributed by atoms with Crippen LogP contribution in [0.2, 0.25) is 0 Å². The van der Waals surface area contributed by atoms with Crippen LogP contribution in [-0.2, 0) is 19.3 Å². The van der Waals surface area contributed by atoms with E-state index in [1.807, 2.05) is 42.5 Å². The fraction of sp³-hybridized carbons (Fsp3) is 0.389. The van der Waals surface area contributed by atoms with Crippen molar-refractivity contribution in [2.24, 2.45) is 10.3 Å². The van der Waals surface area contributed by atoms with Crippen LogP contribution in [0.15, 0.2) is 77.3 Å². The van der Waals surface area contributed by atoms with Crippen LogP contribution in [0.5, 0.6) is 5.75 Å². The zero-order chi connectivity index (χ0) is 31.6. The second-order valence-corrected chi connectivity index (χ2v) is 11.6. The van der Waals surface area contributed by atoms with Gasteiger partial charge in [0.2, 0.25) is 0 Å². The standard InChI is InChI=1S/C36H42N4O5/c1-4-5-6-10-14-33(38-44-25(2)41)32-24-40(35-23-30(20-21-31(32)35)43-29-12-8-7-9-13-29)28-18-16-27(17-19-28)36(39-45-26(3)42)34-15-11-22-37-34/h11,15-24,29,37H,4-10,12-14H2,1-3H3/b38-33+,39-36-. The second kappa shape index (κ2) is 15.4. The Kier molecular flexibility index (Phi) is 10.8. The van der Waals surface area contributed by atoms with Crippen LogP contribution in [0.4, 0.5) is 0 Å². The number of benzene rings is 2. The summed E-state index contributed by atoms with van der Waals surface area (Å²) in [5.74, 6) is -0.105. The number of aromatic nitrogens is 2. The largest absolute Gasteiger partial charge is 0.490 e. The average Bonchev–Trinajstić information content (AvgIpc) is 3.70. The van der Waals surface area contributed by atoms with Crippen LogP contribution < -0.4 is 4.74 Å². The summed E-state index contributed by atoms with van der Waals surface area (Å²) in [4.78, 5) is 36.6. The van der Waals surface area contributed by atoms with Gasteiger partial charge in [0.1, 0.15) is 11.5 Å². The molecule has 0 atom stereocenters. The summed E-state index contributed by atoms with van der Waals surface area (Å²) in [6, 6.07) is 17.9. The normalized spacial score (nSPS) is 14.5. The zero-order valence-corrected chi connectivity index (χ0v) is 26.4. The molecule has 2 aromatic carbocycles. The van der Waals surface area contributed by atoms with Gasteiger partial charge in [-0.05, 0) is 74.9 Å². The molecule has 9 heteroatoms. The summed E-state index contributed by atoms with van der Waals surface area (Å²) in [5, 5.41) is 9.44. The van der Waals surface area contributed by atoms with Gasteiger partial charge in [-0.1, -0.05) is 55.1 Å². The first-order valence-corrected chi connectivity index (χ1v) is 16.0. The summed E-state index contributed by atoms with van der Waals surface area (Å²) in [6.07, 6.45) is 14.9. The van der Waals surface area contributed by atoms with Gasteiger partial charge in [0, 0.05) is 54.5 Å². The first-order chi connectivity index (χ1) is 21.9. The molecule has 4 aromatic rings. The van der Waals surface area contributed by atoms with Crippen molar-refractivity contribution in [3.05, 3.63) is 83.8 Å². The lowest BCUT2D eigenvalue weighted by atomic mass is 9.98. The highest BCUT2D eigenvalue weighted by atomic mass is 16.7. The Bertz CT molecular complexity index is 1640. The van der Waals surface area contributed by atoms with Gasteiger partial charge < -0.3 is 24.0 Å². The van der Waals surface area contributed by atoms with E-state index in [4.69, 9.17) is 14.4 Å². The quantitative estimate of drug-likeness (QED) is 0.0710. The number of hydrogen-bond acceptors (Lipinski definition) is 7. The molecule has 0 spiro atoms. The molecule has 0 unspecified atom stereocenters. The van der Waals surface area contributed by atoms with Crippen LogP contribution in [0.3, 0.4) is 0 Å². The van der Waals surface area contributed by atoms with E-state index >= 15 is 0 Å². The minimum Gasteiger partial charge on any atom is -0.490 e. The van der Waals surface area contributed by atoms with E-state index in [0.29, 0.717) is 12.1 Å². The van der Waals surface area contributed by atoms with Gasteiger partial charge in [-0.25, -0.2) is 9.59 Å². The molecule has 236 valence electrons. The molecule has 9 nitrogen and oxygen atoms in total. The smallest absolute Gasteiger partial charge is 0.332 e. The molecule has 1 saturated carbocycles. The number of oxime groups is 2. The van der Waals surface area contributed by atoms with E-state index in [1.165, 1.54) is 33.1 Å². The van der Waals surface area contributed by atoms with E-state index in [0.717, 1.165) is 83.4 Å². The molecule has 1 aliphatic carbocycles. The second-order valence-electron chi connectivity index (χ2n) is 11.6. The van der Waals surface area contributed by atoms with Crippen LogP contribution in [0.25, 0.3) is 16.6 Å². The topological polar surface area (TPSA) is 107 Å². The van der Waals surface area contributed by atoms with E-state index < -0.39 is 11.9 Å². The monoisotopic (exact) mass is 610 g/mol. The van der Waals surface area contributed by atoms with Crippen molar-refractivity contribution in [3.63, 3.8) is 0 Å². The predicted octanol–water partition coefficient (Wildman–Crippen LogP) is 8.22. The molecular formula is C36H42N4O5. The minimum atomic E-state index is -0.491. The molecule has 2 aromatic heterocycles. The molecule has 1 N–H and O–H groups in total. The Balaban J connectivity index is 1.56. The van der Waals surface area contributed by atoms with Gasteiger partial charge >= 0.3 is 11.9 Å². The van der Waals surface area contributed by atoms with Gasteiger partial charge in [-0.15, -0.1) is 0 Å². The molecule has 0 aliphatic heterocycles. The molecule has 5 rings (SSSR count). The first kappa shape index (κ1) is 31.8. The number of carbonyl (C=O) groups excluding carboxylic acids is 2. The SMILES string of the molecule is CCCCCC/C(=N\OC(C)=O)c1cn(-c2ccc(/C(=N/OC(C)=O)c3ccc[nH]3)cc2)c2cc(OC3CCCCC3)ccc12. The highest BCUT2D eigenvalue weighted by Crippen LogP contribution is 2.32. The third kappa shape index (κ3) is 8.29. The van der Waals surface area contributed by atoms with Crippen molar-refractivity contribution in [1.29, 1.82) is 0 Å². The summed E-state index contributed by atoms with van der Waals surface area (Å²) in [7, 11) is 0. The fourth-order valence-corrected chi connectivity index (χ4v) is 5.79. The zero-order valence-electron chi connectivity index (χ0n) is 26.4. The van der Waals surface area contributed by atoms with E-state index in [2.05, 4.69) is 45.1 Å². The lowest BCUT2D eigenvalue weighted by Crippen LogP contribution is -2.19. The van der Waals surface area contributed by atoms with Crippen molar-refractivity contribution in [2.45, 2.75) is 91.1 Å². The predicted molar refractivity (Wildman–Crippen MR) is 176 cm³/mol. The third-order valence-electron chi connectivity index (χ3n) is 8.03. The van der Waals surface area contributed by atoms with Crippen LogP contribution >= 0.6 is 0 Å². The Morgan fingerprint density at radius 3 is 2.36 bits per heavy atom. The number of H-pyrrole nitrogens is 1. The summed E-state index contributed by atoms with van der Waals surface area (Å²) < 4.78 is 8.58. The van der Waals surface area contributed by atoms with Crippen LogP contribution in [0.1, 0.15) is 102 Å². The number of carbonyl (C=O) groups is 2. The van der Waals surface area contributed by atoms with Crippen LogP contribution in [-0.4, -0.2) is 39.0 Å². The number of nitrogens with zero attached hydrogens (tertiary/aromatic N) is 3. The Morgan fingerprint density at radius 2 is 1.67 bits per heavy atom. The molecule has 0 bridgehead atoms. The average molecular weight is 611 g/mol. The number of ether oxygens (including phenoxy) is 1. The molecule has 45 heavy (non-hydrogen) atoms. The number of rotatable bonds is 13. The lowest BCUT2D eigenvalue weighted by molar-refractivity contribution is -0.141. The summed E-state index contributed by atoms with van der Waals surface area (Å²) >= 11 is 0. The fourth-order valence-electron chi connectivity index (χ4n) is 5.79. The number of aromatic amines is 1. The third-order valence-corrected chi connectivity index (χ3v) is 8.03. The van der Waals surface area contributed by atoms with Crippen molar-refractivity contribution >= 4 is 34.3 Å². The minimum absolute atomic E-state index is 0.223. The number of hydrogen-bond donors (Lipinski definition) is 1. The highest BCUT2D eigenvalue weighted by Gasteiger charge is 2.20. The molecule has 0 radical (unpaired) electrons. The number of unbranched alkanes of at least 4 members (excludes halogenated alkanes) is 3. The maximum Gasteiger partial charge on any atom is 0.332 e. The van der Waals surface area contributed by atoms with E-state index in [9.17, 15) is 9.59 Å². The lowest BCUT2D eigenvalue weighted by Gasteiger charge is -2.23. The molecule has 1 aliphatic rings. The maximum absolute atomic E-state index is 11.7. The van der Waals surface area contributed by atoms with Gasteiger partial charge in [0.05, 0.1) is 23.0 Å². The van der Waals surface area contributed by atoms with Gasteiger partial charge in [0.25, 0.3) is 0 Å². The van der Waals surface area contributed by atoms with Gasteiger partial charge in [-0.2, -0.15) is 0 Å². The van der Waals surface area contributed by atoms with Crippen LogP contribution in [0, 0.1) is 0 Å². The number of nitrogens with one attached hydrogen (secondary N) is 1. The molecular weight excluding hydrogens is 568 g/mol. The summed E-state index contributed by atoms with van der Waals surface area (Å²) in [6.45, 7) is 4.87. The van der Waals surface area contributed by atoms with Crippen molar-refractivity contribution < 1.29 is 24.0 Å². The molecule has 2 heterocycles. The first-order valence-electron chi connectivity index (χ1n) is 16.0. The van der Waals surface area contributed by atoms with Crippen molar-refractivity contribution in [3.8, 4) is 11.4 Å².